The molecule has 5 N–H and O–H groups in total. The number of piperidine rings is 1. The van der Waals surface area contributed by atoms with Crippen molar-refractivity contribution in [2.45, 2.75) is 62.0 Å². The van der Waals surface area contributed by atoms with E-state index in [-0.39, 0.29) is 29.6 Å². The summed E-state index contributed by atoms with van der Waals surface area (Å²) in [5, 5.41) is 22.9. The number of carbonyl (C=O) groups is 2. The smallest absolute Gasteiger partial charge is 0.252 e. The molecule has 6 heteroatoms. The Morgan fingerprint density at radius 1 is 1.30 bits per heavy atom. The average Bonchev–Trinajstić information content (AvgIpc) is 3.42. The number of nitrogens with one attached hydrogen (secondary N) is 1. The number of hydrogen-bond acceptors (Lipinski definition) is 4. The van der Waals surface area contributed by atoms with Gasteiger partial charge in [-0.05, 0) is 30.9 Å². The van der Waals surface area contributed by atoms with Gasteiger partial charge in [0.2, 0.25) is 0 Å². The second-order valence-electron chi connectivity index (χ2n) is 9.14. The molecule has 1 heterocycles. The van der Waals surface area contributed by atoms with Crippen molar-refractivity contribution in [1.82, 2.24) is 0 Å². The Hall–Kier alpha value is -1.92. The molecule has 2 bridgehead atoms. The van der Waals surface area contributed by atoms with E-state index in [1.807, 2.05) is 6.07 Å². The first kappa shape index (κ1) is 17.2. The summed E-state index contributed by atoms with van der Waals surface area (Å²) in [6.45, 7) is 1.97. The molecule has 1 aromatic rings. The zero-order valence-electron chi connectivity index (χ0n) is 15.5. The Morgan fingerprint density at radius 2 is 2.07 bits per heavy atom. The van der Waals surface area contributed by atoms with Crippen molar-refractivity contribution >= 4 is 11.7 Å². The first-order valence-corrected chi connectivity index (χ1v) is 10.1. The number of nitrogens with two attached hydrogens (primary N) is 1. The number of hydrogen-bond donors (Lipinski definition) is 4. The number of phenols is 1. The van der Waals surface area contributed by atoms with Gasteiger partial charge in [0.15, 0.2) is 0 Å². The van der Waals surface area contributed by atoms with Crippen LogP contribution in [0.5, 0.6) is 5.75 Å². The molecule has 1 aliphatic heterocycles. The van der Waals surface area contributed by atoms with Crippen LogP contribution in [0.15, 0.2) is 12.1 Å². The highest BCUT2D eigenvalue weighted by Crippen LogP contribution is 2.57. The molecule has 0 aromatic heterocycles. The maximum atomic E-state index is 12.5. The van der Waals surface area contributed by atoms with Crippen LogP contribution in [0.2, 0.25) is 0 Å². The van der Waals surface area contributed by atoms with Crippen LogP contribution in [-0.2, 0) is 16.6 Å². The summed E-state index contributed by atoms with van der Waals surface area (Å²) in [7, 11) is 0. The number of carbonyl (C=O) groups excluding carboxylic acids is 2. The fourth-order valence-corrected chi connectivity index (χ4v) is 6.28. The zero-order chi connectivity index (χ0) is 19.0. The fourth-order valence-electron chi connectivity index (χ4n) is 6.28. The summed E-state index contributed by atoms with van der Waals surface area (Å²) in [4.78, 5) is 25.7. The van der Waals surface area contributed by atoms with Crippen molar-refractivity contribution in [3.8, 4) is 5.75 Å². The highest BCUT2D eigenvalue weighted by molar-refractivity contribution is 5.96. The molecule has 3 fully saturated rings. The summed E-state index contributed by atoms with van der Waals surface area (Å²) in [6, 6.07) is 3.48. The SMILES string of the molecule is NC(=O)c1ccc2c(c1O)[C@]13CC[NH+](CC4CC4)[C@H](C2)[C@]1(O)CCC(=O)C3. The largest absolute Gasteiger partial charge is 0.507 e. The highest BCUT2D eigenvalue weighted by atomic mass is 16.3. The number of aromatic hydroxyl groups is 1. The average molecular weight is 371 g/mol. The van der Waals surface area contributed by atoms with Crippen LogP contribution in [0, 0.1) is 5.92 Å². The first-order chi connectivity index (χ1) is 12.9. The molecule has 5 rings (SSSR count). The van der Waals surface area contributed by atoms with E-state index in [9.17, 15) is 19.8 Å². The number of Topliss-reactive ketones (excluding diaryl/α,β-unsaturated/α-hetero) is 1. The minimum absolute atomic E-state index is 0.0336. The molecule has 1 saturated heterocycles. The molecule has 6 nitrogen and oxygen atoms in total. The van der Waals surface area contributed by atoms with E-state index in [2.05, 4.69) is 0 Å². The number of primary amides is 1. The minimum atomic E-state index is -1.02. The summed E-state index contributed by atoms with van der Waals surface area (Å²) in [6.07, 6.45) is 4.92. The normalized spacial score (nSPS) is 37.4. The predicted molar refractivity (Wildman–Crippen MR) is 97.6 cm³/mol. The third-order valence-electron chi connectivity index (χ3n) is 7.73. The highest BCUT2D eigenvalue weighted by Gasteiger charge is 2.68. The van der Waals surface area contributed by atoms with Gasteiger partial charge in [-0.1, -0.05) is 6.07 Å². The fraction of sp³-hybridized carbons (Fsp3) is 0.619. The molecule has 1 aromatic carbocycles. The van der Waals surface area contributed by atoms with Gasteiger partial charge in [-0.15, -0.1) is 0 Å². The van der Waals surface area contributed by atoms with Crippen molar-refractivity contribution in [2.24, 2.45) is 11.7 Å². The molecule has 4 atom stereocenters. The van der Waals surface area contributed by atoms with Gasteiger partial charge in [0.05, 0.1) is 18.7 Å². The van der Waals surface area contributed by atoms with Crippen molar-refractivity contribution in [3.05, 3.63) is 28.8 Å². The van der Waals surface area contributed by atoms with Gasteiger partial charge in [-0.2, -0.15) is 0 Å². The number of aliphatic hydroxyl groups is 1. The topological polar surface area (TPSA) is 105 Å². The Kier molecular flexibility index (Phi) is 3.53. The third kappa shape index (κ3) is 2.26. The van der Waals surface area contributed by atoms with E-state index in [4.69, 9.17) is 5.73 Å². The maximum Gasteiger partial charge on any atom is 0.252 e. The molecular weight excluding hydrogens is 344 g/mol. The molecule has 0 radical (unpaired) electrons. The quantitative estimate of drug-likeness (QED) is 0.592. The Morgan fingerprint density at radius 3 is 2.78 bits per heavy atom. The number of fused-ring (bicyclic) bond motifs is 1. The second kappa shape index (κ2) is 5.55. The molecule has 1 amide bonds. The monoisotopic (exact) mass is 371 g/mol. The lowest BCUT2D eigenvalue weighted by molar-refractivity contribution is -0.943. The second-order valence-corrected chi connectivity index (χ2v) is 9.14. The van der Waals surface area contributed by atoms with Crippen molar-refractivity contribution in [2.75, 3.05) is 13.1 Å². The standard InChI is InChI=1S/C21H26N2O4/c22-19(26)15-4-3-13-9-16-21(27)6-5-14(24)10-20(21,17(13)18(15)25)7-8-23(16)11-12-1-2-12/h3-4,12,16,25,27H,1-2,5-11H2,(H2,22,26)/p+1/t16-,20-,21-/m1/s1. The molecule has 144 valence electrons. The molecule has 1 unspecified atom stereocenters. The maximum absolute atomic E-state index is 12.5. The van der Waals surface area contributed by atoms with Gasteiger partial charge >= 0.3 is 0 Å². The van der Waals surface area contributed by atoms with Crippen molar-refractivity contribution in [1.29, 1.82) is 0 Å². The Labute approximate surface area is 158 Å². The van der Waals surface area contributed by atoms with E-state index in [0.717, 1.165) is 24.6 Å². The number of quaternary nitrogens is 1. The van der Waals surface area contributed by atoms with Crippen LogP contribution < -0.4 is 10.6 Å². The van der Waals surface area contributed by atoms with Gasteiger partial charge in [-0.3, -0.25) is 9.59 Å². The van der Waals surface area contributed by atoms with E-state index in [0.29, 0.717) is 31.2 Å². The molecule has 4 aliphatic rings. The molecule has 2 saturated carbocycles. The van der Waals surface area contributed by atoms with E-state index in [1.165, 1.54) is 17.7 Å². The van der Waals surface area contributed by atoms with Crippen LogP contribution in [0.1, 0.15) is 60.0 Å². The lowest BCUT2D eigenvalue weighted by Crippen LogP contribution is -3.21. The van der Waals surface area contributed by atoms with Gasteiger partial charge in [0.25, 0.3) is 5.91 Å². The van der Waals surface area contributed by atoms with Crippen LogP contribution >= 0.6 is 0 Å². The summed E-state index contributed by atoms with van der Waals surface area (Å²) < 4.78 is 0. The van der Waals surface area contributed by atoms with E-state index in [1.54, 1.807) is 6.07 Å². The summed E-state index contributed by atoms with van der Waals surface area (Å²) in [5.41, 5.74) is 5.27. The summed E-state index contributed by atoms with van der Waals surface area (Å²) in [5.74, 6) is 0.0719. The number of ketones is 1. The van der Waals surface area contributed by atoms with Crippen molar-refractivity contribution < 1.29 is 24.7 Å². The zero-order valence-corrected chi connectivity index (χ0v) is 15.5. The minimum Gasteiger partial charge on any atom is -0.507 e. The third-order valence-corrected chi connectivity index (χ3v) is 7.73. The number of benzene rings is 1. The number of rotatable bonds is 3. The van der Waals surface area contributed by atoms with Gasteiger partial charge in [-0.25, -0.2) is 0 Å². The van der Waals surface area contributed by atoms with E-state index >= 15 is 0 Å². The molecule has 3 aliphatic carbocycles. The van der Waals surface area contributed by atoms with Gasteiger partial charge in [0.1, 0.15) is 23.2 Å². The van der Waals surface area contributed by atoms with Crippen LogP contribution in [-0.4, -0.2) is 46.6 Å². The lowest BCUT2D eigenvalue weighted by Gasteiger charge is -2.61. The van der Waals surface area contributed by atoms with Crippen LogP contribution in [0.25, 0.3) is 0 Å². The van der Waals surface area contributed by atoms with Gasteiger partial charge in [0, 0.05) is 42.6 Å². The number of amides is 1. The lowest BCUT2D eigenvalue weighted by atomic mass is 9.49. The predicted octanol–water partition coefficient (Wildman–Crippen LogP) is -0.164. The van der Waals surface area contributed by atoms with Gasteiger partial charge < -0.3 is 20.8 Å². The van der Waals surface area contributed by atoms with Crippen molar-refractivity contribution in [3.63, 3.8) is 0 Å². The Bertz CT molecular complexity index is 849. The molecule has 0 spiro atoms. The Balaban J connectivity index is 1.70. The van der Waals surface area contributed by atoms with Crippen LogP contribution in [0.4, 0.5) is 0 Å². The molecular formula is C21H27N2O4+. The summed E-state index contributed by atoms with van der Waals surface area (Å²) >= 11 is 0. The molecule has 27 heavy (non-hydrogen) atoms. The van der Waals surface area contributed by atoms with E-state index < -0.39 is 16.9 Å². The van der Waals surface area contributed by atoms with Crippen LogP contribution in [0.3, 0.4) is 0 Å². The first-order valence-electron chi connectivity index (χ1n) is 10.1. The number of likely N-dealkylation sites (tertiary alicyclic amines) is 1.